The van der Waals surface area contributed by atoms with Crippen molar-refractivity contribution in [1.29, 1.82) is 0 Å². The number of rotatable bonds is 3. The first-order valence-corrected chi connectivity index (χ1v) is 5.80. The Bertz CT molecular complexity index is 366. The summed E-state index contributed by atoms with van der Waals surface area (Å²) >= 11 is 3.35. The normalized spacial score (nSPS) is 10.5. The lowest BCUT2D eigenvalue weighted by molar-refractivity contribution is 1.01. The van der Waals surface area contributed by atoms with Crippen molar-refractivity contribution in [2.75, 3.05) is 5.75 Å². The first-order chi connectivity index (χ1) is 6.40. The molecule has 0 aliphatic carbocycles. The molecule has 0 amide bonds. The minimum atomic E-state index is 0.959. The van der Waals surface area contributed by atoms with Crippen molar-refractivity contribution < 1.29 is 0 Å². The van der Waals surface area contributed by atoms with E-state index in [1.54, 1.807) is 23.1 Å². The predicted molar refractivity (Wildman–Crippen MR) is 56.1 cm³/mol. The maximum absolute atomic E-state index is 4.09. The standard InChI is InChI=1S/C8H9N3S2/c1-2-12-8-11-10-7(13-8)6-4-3-5-9-6/h3-5,9H,2H2,1H3. The van der Waals surface area contributed by atoms with Crippen molar-refractivity contribution in [2.24, 2.45) is 0 Å². The molecule has 0 spiro atoms. The number of hydrogen-bond acceptors (Lipinski definition) is 4. The van der Waals surface area contributed by atoms with Crippen LogP contribution >= 0.6 is 23.1 Å². The van der Waals surface area contributed by atoms with E-state index in [1.807, 2.05) is 18.3 Å². The lowest BCUT2D eigenvalue weighted by Crippen LogP contribution is -1.74. The van der Waals surface area contributed by atoms with Gasteiger partial charge in [-0.1, -0.05) is 30.0 Å². The van der Waals surface area contributed by atoms with Crippen LogP contribution < -0.4 is 0 Å². The topological polar surface area (TPSA) is 41.6 Å². The minimum Gasteiger partial charge on any atom is -0.359 e. The van der Waals surface area contributed by atoms with E-state index in [0.717, 1.165) is 20.8 Å². The monoisotopic (exact) mass is 211 g/mol. The van der Waals surface area contributed by atoms with E-state index in [9.17, 15) is 0 Å². The highest BCUT2D eigenvalue weighted by molar-refractivity contribution is 8.01. The van der Waals surface area contributed by atoms with E-state index < -0.39 is 0 Å². The SMILES string of the molecule is CCSc1nnc(-c2ccc[nH]2)s1. The fraction of sp³-hybridized carbons (Fsp3) is 0.250. The molecule has 0 fully saturated rings. The Morgan fingerprint density at radius 3 is 3.15 bits per heavy atom. The average molecular weight is 211 g/mol. The molecule has 0 saturated carbocycles. The summed E-state index contributed by atoms with van der Waals surface area (Å²) < 4.78 is 1.03. The molecule has 1 N–H and O–H groups in total. The molecule has 13 heavy (non-hydrogen) atoms. The Hall–Kier alpha value is -0.810. The molecule has 0 bridgehead atoms. The van der Waals surface area contributed by atoms with Crippen LogP contribution in [0.15, 0.2) is 22.7 Å². The Morgan fingerprint density at radius 2 is 2.46 bits per heavy atom. The highest BCUT2D eigenvalue weighted by Crippen LogP contribution is 2.27. The van der Waals surface area contributed by atoms with Crippen LogP contribution in [0.5, 0.6) is 0 Å². The van der Waals surface area contributed by atoms with Gasteiger partial charge in [-0.2, -0.15) is 0 Å². The van der Waals surface area contributed by atoms with E-state index in [2.05, 4.69) is 22.1 Å². The predicted octanol–water partition coefficient (Wildman–Crippen LogP) is 2.65. The second-order valence-corrected chi connectivity index (χ2v) is 4.88. The van der Waals surface area contributed by atoms with Gasteiger partial charge in [0.05, 0.1) is 5.69 Å². The summed E-state index contributed by atoms with van der Waals surface area (Å²) in [5, 5.41) is 9.13. The third kappa shape index (κ3) is 1.92. The lowest BCUT2D eigenvalue weighted by atomic mass is 10.5. The van der Waals surface area contributed by atoms with Crippen LogP contribution in [0.25, 0.3) is 10.7 Å². The molecular weight excluding hydrogens is 202 g/mol. The number of nitrogens with zero attached hydrogens (tertiary/aromatic N) is 2. The van der Waals surface area contributed by atoms with Crippen LogP contribution in [-0.4, -0.2) is 20.9 Å². The van der Waals surface area contributed by atoms with Gasteiger partial charge in [0.2, 0.25) is 0 Å². The van der Waals surface area contributed by atoms with Crippen molar-refractivity contribution in [1.82, 2.24) is 15.2 Å². The van der Waals surface area contributed by atoms with Crippen LogP contribution in [0.4, 0.5) is 0 Å². The molecule has 2 aromatic heterocycles. The molecule has 0 aliphatic heterocycles. The Balaban J connectivity index is 2.23. The maximum atomic E-state index is 4.09. The van der Waals surface area contributed by atoms with Crippen LogP contribution in [0.1, 0.15) is 6.92 Å². The smallest absolute Gasteiger partial charge is 0.174 e. The molecule has 0 atom stereocenters. The van der Waals surface area contributed by atoms with Gasteiger partial charge in [0, 0.05) is 6.20 Å². The third-order valence-corrected chi connectivity index (χ3v) is 3.47. The van der Waals surface area contributed by atoms with Gasteiger partial charge < -0.3 is 4.98 Å². The largest absolute Gasteiger partial charge is 0.359 e. The van der Waals surface area contributed by atoms with Gasteiger partial charge in [-0.3, -0.25) is 0 Å². The van der Waals surface area contributed by atoms with Crippen LogP contribution in [-0.2, 0) is 0 Å². The van der Waals surface area contributed by atoms with Gasteiger partial charge in [0.1, 0.15) is 0 Å². The summed E-state index contributed by atoms with van der Waals surface area (Å²) in [6.07, 6.45) is 1.89. The summed E-state index contributed by atoms with van der Waals surface area (Å²) in [5.41, 5.74) is 1.04. The summed E-state index contributed by atoms with van der Waals surface area (Å²) in [6.45, 7) is 2.11. The zero-order chi connectivity index (χ0) is 9.10. The second-order valence-electron chi connectivity index (χ2n) is 2.39. The maximum Gasteiger partial charge on any atom is 0.174 e. The Morgan fingerprint density at radius 1 is 1.54 bits per heavy atom. The van der Waals surface area contributed by atoms with Gasteiger partial charge in [-0.05, 0) is 17.9 Å². The lowest BCUT2D eigenvalue weighted by Gasteiger charge is -1.86. The molecule has 2 aromatic rings. The highest BCUT2D eigenvalue weighted by atomic mass is 32.2. The van der Waals surface area contributed by atoms with Gasteiger partial charge in [0.25, 0.3) is 0 Å². The third-order valence-electron chi connectivity index (χ3n) is 1.50. The molecule has 3 nitrogen and oxygen atoms in total. The van der Waals surface area contributed by atoms with E-state index in [4.69, 9.17) is 0 Å². The van der Waals surface area contributed by atoms with Gasteiger partial charge in [0.15, 0.2) is 9.35 Å². The van der Waals surface area contributed by atoms with Crippen molar-refractivity contribution in [3.63, 3.8) is 0 Å². The van der Waals surface area contributed by atoms with Gasteiger partial charge >= 0.3 is 0 Å². The molecule has 5 heteroatoms. The van der Waals surface area contributed by atoms with Crippen molar-refractivity contribution in [3.8, 4) is 10.7 Å². The quantitative estimate of drug-likeness (QED) is 0.793. The summed E-state index contributed by atoms with van der Waals surface area (Å²) in [5.74, 6) is 1.04. The first kappa shape index (κ1) is 8.77. The summed E-state index contributed by atoms with van der Waals surface area (Å²) in [4.78, 5) is 3.11. The number of nitrogens with one attached hydrogen (secondary N) is 1. The van der Waals surface area contributed by atoms with Crippen molar-refractivity contribution in [2.45, 2.75) is 11.3 Å². The minimum absolute atomic E-state index is 0.959. The molecule has 0 saturated heterocycles. The van der Waals surface area contributed by atoms with E-state index in [0.29, 0.717) is 0 Å². The second kappa shape index (κ2) is 3.93. The zero-order valence-corrected chi connectivity index (χ0v) is 8.78. The number of thioether (sulfide) groups is 1. The van der Waals surface area contributed by atoms with Crippen molar-refractivity contribution in [3.05, 3.63) is 18.3 Å². The number of H-pyrrole nitrogens is 1. The Kier molecular flexibility index (Phi) is 2.65. The summed E-state index contributed by atoms with van der Waals surface area (Å²) in [7, 11) is 0. The Labute approximate surface area is 84.6 Å². The molecule has 0 unspecified atom stereocenters. The average Bonchev–Trinajstić information content (AvgIpc) is 2.70. The number of aromatic nitrogens is 3. The number of aromatic amines is 1. The first-order valence-electron chi connectivity index (χ1n) is 4.00. The molecular formula is C8H9N3S2. The van der Waals surface area contributed by atoms with E-state index in [-0.39, 0.29) is 0 Å². The molecule has 68 valence electrons. The fourth-order valence-corrected chi connectivity index (χ4v) is 2.70. The van der Waals surface area contributed by atoms with Crippen LogP contribution in [0.3, 0.4) is 0 Å². The number of hydrogen-bond donors (Lipinski definition) is 1. The fourth-order valence-electron chi connectivity index (χ4n) is 0.964. The molecule has 0 aliphatic rings. The molecule has 2 heterocycles. The van der Waals surface area contributed by atoms with E-state index >= 15 is 0 Å². The van der Waals surface area contributed by atoms with Crippen LogP contribution in [0.2, 0.25) is 0 Å². The van der Waals surface area contributed by atoms with E-state index in [1.165, 1.54) is 0 Å². The molecule has 2 rings (SSSR count). The summed E-state index contributed by atoms with van der Waals surface area (Å²) in [6, 6.07) is 3.96. The molecule has 0 radical (unpaired) electrons. The van der Waals surface area contributed by atoms with Crippen molar-refractivity contribution >= 4 is 23.1 Å². The van der Waals surface area contributed by atoms with Gasteiger partial charge in [-0.15, -0.1) is 10.2 Å². The van der Waals surface area contributed by atoms with Crippen LogP contribution in [0, 0.1) is 0 Å². The molecule has 0 aromatic carbocycles. The highest BCUT2D eigenvalue weighted by Gasteiger charge is 2.05. The zero-order valence-electron chi connectivity index (χ0n) is 7.15. The van der Waals surface area contributed by atoms with Gasteiger partial charge in [-0.25, -0.2) is 0 Å².